The fourth-order valence-corrected chi connectivity index (χ4v) is 2.83. The summed E-state index contributed by atoms with van der Waals surface area (Å²) >= 11 is 0. The number of imidazole rings is 1. The van der Waals surface area contributed by atoms with Crippen molar-refractivity contribution in [2.24, 2.45) is 0 Å². The first-order valence-electron chi connectivity index (χ1n) is 8.00. The Hall–Kier alpha value is -3.43. The van der Waals surface area contributed by atoms with Gasteiger partial charge in [0.15, 0.2) is 11.5 Å². The van der Waals surface area contributed by atoms with Crippen molar-refractivity contribution in [1.82, 2.24) is 29.5 Å². The van der Waals surface area contributed by atoms with Gasteiger partial charge in [-0.05, 0) is 24.3 Å². The van der Waals surface area contributed by atoms with Crippen LogP contribution in [0.5, 0.6) is 0 Å². The lowest BCUT2D eigenvalue weighted by Gasteiger charge is -2.08. The van der Waals surface area contributed by atoms with E-state index in [-0.39, 0.29) is 30.5 Å². The maximum absolute atomic E-state index is 13.0. The summed E-state index contributed by atoms with van der Waals surface area (Å²) in [6, 6.07) is 9.59. The minimum absolute atomic E-state index is 0.0328. The summed E-state index contributed by atoms with van der Waals surface area (Å²) in [4.78, 5) is 16.4. The fourth-order valence-electron chi connectivity index (χ4n) is 2.83. The number of nitrogens with zero attached hydrogens (tertiary/aromatic N) is 5. The Labute approximate surface area is 150 Å². The first-order chi connectivity index (χ1) is 12.9. The van der Waals surface area contributed by atoms with Gasteiger partial charge in [0.2, 0.25) is 5.91 Å². The van der Waals surface area contributed by atoms with Crippen molar-refractivity contribution in [3.8, 4) is 0 Å². The number of hydrogen-bond acceptors (Lipinski definition) is 4. The van der Waals surface area contributed by atoms with Crippen molar-refractivity contribution >= 4 is 22.6 Å². The number of fused-ring (bicyclic) bond motifs is 2. The Balaban J connectivity index is 1.49. The number of rotatable bonds is 4. The van der Waals surface area contributed by atoms with Gasteiger partial charge in [-0.25, -0.2) is 4.98 Å². The van der Waals surface area contributed by atoms with Gasteiger partial charge in [0.25, 0.3) is 0 Å². The summed E-state index contributed by atoms with van der Waals surface area (Å²) in [6.07, 6.45) is -1.54. The zero-order valence-corrected chi connectivity index (χ0v) is 13.8. The number of carbonyl (C=O) groups excluding carboxylic acids is 1. The average Bonchev–Trinajstić information content (AvgIpc) is 3.23. The number of alkyl halides is 3. The molecule has 0 radical (unpaired) electrons. The third-order valence-corrected chi connectivity index (χ3v) is 4.10. The van der Waals surface area contributed by atoms with Crippen LogP contribution in [0.4, 0.5) is 13.2 Å². The van der Waals surface area contributed by atoms with E-state index in [1.165, 1.54) is 16.7 Å². The Bertz CT molecular complexity index is 1130. The molecule has 0 bridgehead atoms. The third-order valence-electron chi connectivity index (χ3n) is 4.10. The van der Waals surface area contributed by atoms with Gasteiger partial charge < -0.3 is 9.88 Å². The quantitative estimate of drug-likeness (QED) is 0.595. The van der Waals surface area contributed by atoms with Crippen molar-refractivity contribution in [3.05, 3.63) is 60.3 Å². The number of amides is 1. The normalized spacial score (nSPS) is 12.0. The molecule has 0 aliphatic carbocycles. The zero-order valence-electron chi connectivity index (χ0n) is 13.8. The lowest BCUT2D eigenvalue weighted by Crippen LogP contribution is -2.27. The van der Waals surface area contributed by atoms with Crippen LogP contribution in [0.25, 0.3) is 16.7 Å². The molecule has 4 rings (SSSR count). The molecule has 10 heteroatoms. The van der Waals surface area contributed by atoms with E-state index < -0.39 is 11.7 Å². The van der Waals surface area contributed by atoms with Crippen LogP contribution in [-0.2, 0) is 24.1 Å². The summed E-state index contributed by atoms with van der Waals surface area (Å²) in [5, 5.41) is 10.0. The highest BCUT2D eigenvalue weighted by Gasteiger charge is 2.34. The number of hydrogen-bond donors (Lipinski definition) is 1. The van der Waals surface area contributed by atoms with E-state index in [0.29, 0.717) is 0 Å². The van der Waals surface area contributed by atoms with Gasteiger partial charge in [0.05, 0.1) is 23.9 Å². The first kappa shape index (κ1) is 17.0. The second kappa shape index (κ2) is 6.38. The van der Waals surface area contributed by atoms with Gasteiger partial charge in [-0.3, -0.25) is 9.20 Å². The molecule has 0 saturated carbocycles. The molecule has 0 saturated heterocycles. The standard InChI is InChI=1S/C17H13F3N6O/c18-17(19,20)11-4-3-7-26-14(23-24-16(11)26)8-21-15(27)9-25-10-22-12-5-1-2-6-13(12)25/h1-7,10H,8-9H2,(H,21,27). The Morgan fingerprint density at radius 3 is 2.74 bits per heavy atom. The molecule has 0 spiro atoms. The minimum Gasteiger partial charge on any atom is -0.347 e. The molecule has 3 heterocycles. The maximum Gasteiger partial charge on any atom is 0.420 e. The molecule has 0 unspecified atom stereocenters. The van der Waals surface area contributed by atoms with E-state index in [9.17, 15) is 18.0 Å². The van der Waals surface area contributed by atoms with Crippen LogP contribution in [-0.4, -0.2) is 30.1 Å². The molecule has 1 N–H and O–H groups in total. The molecule has 0 aliphatic rings. The molecule has 27 heavy (non-hydrogen) atoms. The van der Waals surface area contributed by atoms with Gasteiger partial charge in [0, 0.05) is 6.20 Å². The van der Waals surface area contributed by atoms with Crippen molar-refractivity contribution < 1.29 is 18.0 Å². The molecule has 0 aliphatic heterocycles. The van der Waals surface area contributed by atoms with Gasteiger partial charge in [-0.15, -0.1) is 10.2 Å². The lowest BCUT2D eigenvalue weighted by molar-refractivity contribution is -0.136. The number of benzene rings is 1. The summed E-state index contributed by atoms with van der Waals surface area (Å²) in [5.74, 6) is -0.109. The predicted octanol–water partition coefficient (Wildman–Crippen LogP) is 2.41. The van der Waals surface area contributed by atoms with E-state index in [4.69, 9.17) is 0 Å². The smallest absolute Gasteiger partial charge is 0.347 e. The highest BCUT2D eigenvalue weighted by Crippen LogP contribution is 2.31. The lowest BCUT2D eigenvalue weighted by atomic mass is 10.2. The molecule has 1 aromatic carbocycles. The van der Waals surface area contributed by atoms with Crippen LogP contribution < -0.4 is 5.32 Å². The highest BCUT2D eigenvalue weighted by molar-refractivity contribution is 5.80. The van der Waals surface area contributed by atoms with E-state index in [1.54, 1.807) is 10.9 Å². The van der Waals surface area contributed by atoms with Crippen LogP contribution in [0.1, 0.15) is 11.4 Å². The summed E-state index contributed by atoms with van der Waals surface area (Å²) in [6.45, 7) is -0.0149. The number of halogens is 3. The molecule has 1 amide bonds. The second-order valence-corrected chi connectivity index (χ2v) is 5.87. The van der Waals surface area contributed by atoms with E-state index >= 15 is 0 Å². The highest BCUT2D eigenvalue weighted by atomic mass is 19.4. The van der Waals surface area contributed by atoms with Crippen LogP contribution in [0.3, 0.4) is 0 Å². The van der Waals surface area contributed by atoms with Crippen LogP contribution in [0.2, 0.25) is 0 Å². The molecule has 4 aromatic rings. The van der Waals surface area contributed by atoms with Gasteiger partial charge in [0.1, 0.15) is 12.1 Å². The summed E-state index contributed by atoms with van der Waals surface area (Å²) in [7, 11) is 0. The SMILES string of the molecule is O=C(Cn1cnc2ccccc21)NCc1nnc2c(C(F)(F)F)cccn12. The van der Waals surface area contributed by atoms with Crippen LogP contribution >= 0.6 is 0 Å². The number of nitrogens with one attached hydrogen (secondary N) is 1. The van der Waals surface area contributed by atoms with Crippen molar-refractivity contribution in [2.45, 2.75) is 19.3 Å². The van der Waals surface area contributed by atoms with Gasteiger partial charge in [-0.2, -0.15) is 13.2 Å². The zero-order chi connectivity index (χ0) is 19.0. The number of para-hydroxylation sites is 2. The maximum atomic E-state index is 13.0. The molecular formula is C17H13F3N6O. The molecule has 0 fully saturated rings. The van der Waals surface area contributed by atoms with E-state index in [2.05, 4.69) is 20.5 Å². The predicted molar refractivity (Wildman–Crippen MR) is 89.6 cm³/mol. The van der Waals surface area contributed by atoms with E-state index in [1.807, 2.05) is 24.3 Å². The van der Waals surface area contributed by atoms with Crippen LogP contribution in [0.15, 0.2) is 48.9 Å². The van der Waals surface area contributed by atoms with Crippen molar-refractivity contribution in [3.63, 3.8) is 0 Å². The molecule has 138 valence electrons. The van der Waals surface area contributed by atoms with Crippen molar-refractivity contribution in [2.75, 3.05) is 0 Å². The summed E-state index contributed by atoms with van der Waals surface area (Å²) < 4.78 is 42.0. The summed E-state index contributed by atoms with van der Waals surface area (Å²) in [5.41, 5.74) is 0.415. The topological polar surface area (TPSA) is 77.1 Å². The van der Waals surface area contributed by atoms with Gasteiger partial charge in [-0.1, -0.05) is 12.1 Å². The molecule has 7 nitrogen and oxygen atoms in total. The molecule has 3 aromatic heterocycles. The number of aromatic nitrogens is 5. The Morgan fingerprint density at radius 2 is 1.93 bits per heavy atom. The first-order valence-corrected chi connectivity index (χ1v) is 8.00. The molecule has 0 atom stereocenters. The number of pyridine rings is 1. The minimum atomic E-state index is -4.53. The Morgan fingerprint density at radius 1 is 1.11 bits per heavy atom. The molecular weight excluding hydrogens is 361 g/mol. The van der Waals surface area contributed by atoms with Crippen molar-refractivity contribution in [1.29, 1.82) is 0 Å². The van der Waals surface area contributed by atoms with Crippen LogP contribution in [0, 0.1) is 0 Å². The third kappa shape index (κ3) is 3.21. The average molecular weight is 374 g/mol. The largest absolute Gasteiger partial charge is 0.420 e. The number of carbonyl (C=O) groups is 1. The fraction of sp³-hybridized carbons (Fsp3) is 0.176. The van der Waals surface area contributed by atoms with Gasteiger partial charge >= 0.3 is 6.18 Å². The monoisotopic (exact) mass is 374 g/mol. The second-order valence-electron chi connectivity index (χ2n) is 5.87. The Kier molecular flexibility index (Phi) is 4.02. The van der Waals surface area contributed by atoms with E-state index in [0.717, 1.165) is 17.1 Å².